The Labute approximate surface area is 192 Å². The number of methoxy groups -OCH3 is 2. The molecule has 1 N–H and O–H groups in total. The highest BCUT2D eigenvalue weighted by Gasteiger charge is 2.51. The second kappa shape index (κ2) is 8.33. The maximum Gasteiger partial charge on any atom is 0.340 e. The lowest BCUT2D eigenvalue weighted by Gasteiger charge is -2.33. The first-order valence-corrected chi connectivity index (χ1v) is 10.8. The van der Waals surface area contributed by atoms with Gasteiger partial charge in [-0.25, -0.2) is 4.79 Å². The highest BCUT2D eigenvalue weighted by Crippen LogP contribution is 2.52. The zero-order valence-corrected chi connectivity index (χ0v) is 18.5. The van der Waals surface area contributed by atoms with E-state index in [1.165, 1.54) is 0 Å². The van der Waals surface area contributed by atoms with E-state index in [1.54, 1.807) is 44.6 Å². The lowest BCUT2D eigenvalue weighted by atomic mass is 9.79. The first-order valence-electron chi connectivity index (χ1n) is 10.8. The molecule has 0 aromatic heterocycles. The summed E-state index contributed by atoms with van der Waals surface area (Å²) in [4.78, 5) is 15.1. The molecule has 0 bridgehead atoms. The third kappa shape index (κ3) is 3.36. The molecule has 7 heteroatoms. The quantitative estimate of drug-likeness (QED) is 0.598. The molecule has 1 saturated heterocycles. The van der Waals surface area contributed by atoms with Gasteiger partial charge in [-0.05, 0) is 30.3 Å². The molecule has 3 aromatic rings. The monoisotopic (exact) mass is 447 g/mol. The number of cyclic esters (lactones) is 1. The zero-order chi connectivity index (χ0) is 23.0. The Bertz CT molecular complexity index is 1200. The first-order chi connectivity index (χ1) is 16.1. The third-order valence-electron chi connectivity index (χ3n) is 6.30. The highest BCUT2D eigenvalue weighted by molar-refractivity contribution is 5.96. The van der Waals surface area contributed by atoms with Crippen LogP contribution in [0.4, 0.5) is 5.69 Å². The topological polar surface area (TPSA) is 77.5 Å². The van der Waals surface area contributed by atoms with Crippen molar-refractivity contribution in [2.45, 2.75) is 5.60 Å². The molecule has 1 atom stereocenters. The minimum Gasteiger partial charge on any atom is -0.507 e. The molecule has 2 heterocycles. The minimum atomic E-state index is -1.38. The van der Waals surface area contributed by atoms with Gasteiger partial charge in [0.1, 0.15) is 17.2 Å². The number of rotatable bonds is 5. The van der Waals surface area contributed by atoms with Gasteiger partial charge in [-0.1, -0.05) is 18.2 Å². The highest BCUT2D eigenvalue weighted by atomic mass is 16.6. The number of phenolic OH excluding ortho intramolecular Hbond substituents is 1. The van der Waals surface area contributed by atoms with Crippen molar-refractivity contribution in [1.82, 2.24) is 0 Å². The molecule has 5 rings (SSSR count). The van der Waals surface area contributed by atoms with E-state index < -0.39 is 11.6 Å². The van der Waals surface area contributed by atoms with Crippen molar-refractivity contribution in [1.29, 1.82) is 0 Å². The fourth-order valence-corrected chi connectivity index (χ4v) is 4.69. The summed E-state index contributed by atoms with van der Waals surface area (Å²) in [6.07, 6.45) is 0. The van der Waals surface area contributed by atoms with Crippen molar-refractivity contribution in [3.63, 3.8) is 0 Å². The minimum absolute atomic E-state index is 0.0290. The number of ether oxygens (including phenoxy) is 4. The van der Waals surface area contributed by atoms with Crippen LogP contribution in [-0.2, 0) is 15.1 Å². The number of aromatic hydroxyl groups is 1. The van der Waals surface area contributed by atoms with Crippen LogP contribution in [0.15, 0.2) is 60.7 Å². The van der Waals surface area contributed by atoms with Crippen molar-refractivity contribution >= 4 is 11.7 Å². The summed E-state index contributed by atoms with van der Waals surface area (Å²) in [5.74, 6) is 0.659. The summed E-state index contributed by atoms with van der Waals surface area (Å²) < 4.78 is 22.6. The molecule has 1 unspecified atom stereocenters. The van der Waals surface area contributed by atoms with E-state index in [4.69, 9.17) is 18.9 Å². The van der Waals surface area contributed by atoms with E-state index in [-0.39, 0.29) is 5.75 Å². The van der Waals surface area contributed by atoms with Gasteiger partial charge >= 0.3 is 5.97 Å². The van der Waals surface area contributed by atoms with E-state index in [0.29, 0.717) is 47.0 Å². The van der Waals surface area contributed by atoms with Crippen molar-refractivity contribution in [3.8, 4) is 17.2 Å². The average molecular weight is 447 g/mol. The number of morpholine rings is 1. The van der Waals surface area contributed by atoms with Crippen molar-refractivity contribution in [3.05, 3.63) is 82.9 Å². The molecular weight excluding hydrogens is 422 g/mol. The number of nitrogens with zero attached hydrogens (tertiary/aromatic N) is 1. The molecular formula is C26H25NO6. The van der Waals surface area contributed by atoms with Crippen molar-refractivity contribution in [2.75, 3.05) is 45.4 Å². The number of anilines is 1. The van der Waals surface area contributed by atoms with Crippen molar-refractivity contribution < 1.29 is 28.8 Å². The molecule has 7 nitrogen and oxygen atoms in total. The predicted octanol–water partition coefficient (Wildman–Crippen LogP) is 3.71. The predicted molar refractivity (Wildman–Crippen MR) is 122 cm³/mol. The standard InChI is InChI=1S/C26H25NO6/c1-30-18-8-10-22(24(16-18)31-2)26(20-6-4-3-5-19(20)25(29)33-26)21-9-7-17(15-23(21)28)27-11-13-32-14-12-27/h3-10,15-16,28H,11-14H2,1-2H3. The SMILES string of the molecule is COc1ccc(C2(c3ccc(N4CCOCC4)cc3O)OC(=O)c3ccccc32)c(OC)c1. The summed E-state index contributed by atoms with van der Waals surface area (Å²) in [5, 5.41) is 11.3. The van der Waals surface area contributed by atoms with Gasteiger partial charge in [-0.15, -0.1) is 0 Å². The Morgan fingerprint density at radius 3 is 2.39 bits per heavy atom. The van der Waals surface area contributed by atoms with Gasteiger partial charge in [-0.3, -0.25) is 0 Å². The van der Waals surface area contributed by atoms with E-state index in [1.807, 2.05) is 30.3 Å². The maximum absolute atomic E-state index is 13.0. The van der Waals surface area contributed by atoms with E-state index in [9.17, 15) is 9.90 Å². The van der Waals surface area contributed by atoms with Crippen LogP contribution in [-0.4, -0.2) is 51.6 Å². The number of hydrogen-bond acceptors (Lipinski definition) is 7. The lowest BCUT2D eigenvalue weighted by Crippen LogP contribution is -2.36. The van der Waals surface area contributed by atoms with Gasteiger partial charge < -0.3 is 29.0 Å². The van der Waals surface area contributed by atoms with Gasteiger partial charge in [0.15, 0.2) is 5.60 Å². The summed E-state index contributed by atoms with van der Waals surface area (Å²) in [6, 6.07) is 18.0. The lowest BCUT2D eigenvalue weighted by molar-refractivity contribution is 0.0239. The van der Waals surface area contributed by atoms with Crippen LogP contribution in [0.25, 0.3) is 0 Å². The summed E-state index contributed by atoms with van der Waals surface area (Å²) in [5.41, 5.74) is 1.66. The van der Waals surface area contributed by atoms with Crippen LogP contribution in [0.2, 0.25) is 0 Å². The largest absolute Gasteiger partial charge is 0.507 e. The Hall–Kier alpha value is -3.71. The molecule has 0 spiro atoms. The molecule has 0 aliphatic carbocycles. The molecule has 0 amide bonds. The van der Waals surface area contributed by atoms with E-state index in [0.717, 1.165) is 18.8 Å². The summed E-state index contributed by atoms with van der Waals surface area (Å²) in [6.45, 7) is 2.77. The van der Waals surface area contributed by atoms with Crippen LogP contribution in [0.3, 0.4) is 0 Å². The number of phenols is 1. The number of esters is 1. The van der Waals surface area contributed by atoms with Crippen LogP contribution in [0, 0.1) is 0 Å². The normalized spacial score (nSPS) is 19.7. The van der Waals surface area contributed by atoms with Gasteiger partial charge in [0.25, 0.3) is 0 Å². The van der Waals surface area contributed by atoms with Crippen LogP contribution < -0.4 is 14.4 Å². The third-order valence-corrected chi connectivity index (χ3v) is 6.30. The van der Waals surface area contributed by atoms with Gasteiger partial charge in [0.05, 0.1) is 33.0 Å². The number of hydrogen-bond donors (Lipinski definition) is 1. The molecule has 0 radical (unpaired) electrons. The average Bonchev–Trinajstić information content (AvgIpc) is 3.17. The van der Waals surface area contributed by atoms with E-state index >= 15 is 0 Å². The second-order valence-electron chi connectivity index (χ2n) is 7.98. The smallest absolute Gasteiger partial charge is 0.340 e. The van der Waals surface area contributed by atoms with Gasteiger partial charge in [0.2, 0.25) is 0 Å². The second-order valence-corrected chi connectivity index (χ2v) is 7.98. The fourth-order valence-electron chi connectivity index (χ4n) is 4.69. The molecule has 2 aliphatic heterocycles. The van der Waals surface area contributed by atoms with Crippen LogP contribution in [0.1, 0.15) is 27.0 Å². The molecule has 3 aromatic carbocycles. The van der Waals surface area contributed by atoms with Crippen LogP contribution in [0.5, 0.6) is 17.2 Å². The summed E-state index contributed by atoms with van der Waals surface area (Å²) in [7, 11) is 3.13. The number of carbonyl (C=O) groups excluding carboxylic acids is 1. The Morgan fingerprint density at radius 2 is 1.67 bits per heavy atom. The molecule has 33 heavy (non-hydrogen) atoms. The summed E-state index contributed by atoms with van der Waals surface area (Å²) >= 11 is 0. The number of fused-ring (bicyclic) bond motifs is 1. The molecule has 0 saturated carbocycles. The van der Waals surface area contributed by atoms with Crippen LogP contribution >= 0.6 is 0 Å². The Morgan fingerprint density at radius 1 is 0.909 bits per heavy atom. The number of benzene rings is 3. The Kier molecular flexibility index (Phi) is 5.34. The molecule has 1 fully saturated rings. The van der Waals surface area contributed by atoms with Gasteiger partial charge in [0, 0.05) is 47.6 Å². The first kappa shape index (κ1) is 21.2. The molecule has 2 aliphatic rings. The number of carbonyl (C=O) groups is 1. The van der Waals surface area contributed by atoms with Gasteiger partial charge in [-0.2, -0.15) is 0 Å². The molecule has 170 valence electrons. The van der Waals surface area contributed by atoms with E-state index in [2.05, 4.69) is 4.90 Å². The zero-order valence-electron chi connectivity index (χ0n) is 18.5. The Balaban J connectivity index is 1.73. The fraction of sp³-hybridized carbons (Fsp3) is 0.269. The maximum atomic E-state index is 13.0. The van der Waals surface area contributed by atoms with Crippen molar-refractivity contribution in [2.24, 2.45) is 0 Å².